The summed E-state index contributed by atoms with van der Waals surface area (Å²) in [6.45, 7) is 0. The largest absolute Gasteiger partial charge is 0.477 e. The number of rotatable bonds is 8. The van der Waals surface area contributed by atoms with Crippen molar-refractivity contribution in [2.45, 2.75) is 28.1 Å². The van der Waals surface area contributed by atoms with Gasteiger partial charge >= 0.3 is 5.97 Å². The quantitative estimate of drug-likeness (QED) is 0.352. The fourth-order valence-corrected chi connectivity index (χ4v) is 6.21. The lowest BCUT2D eigenvalue weighted by atomic mass is 10.0. The minimum Gasteiger partial charge on any atom is -0.477 e. The molecule has 2 amide bonds. The maximum Gasteiger partial charge on any atom is 0.352 e. The van der Waals surface area contributed by atoms with Crippen molar-refractivity contribution in [3.8, 4) is 0 Å². The van der Waals surface area contributed by atoms with E-state index in [1.165, 1.54) is 40.2 Å². The number of fused-ring (bicyclic) bond motifs is 1. The van der Waals surface area contributed by atoms with E-state index in [1.54, 1.807) is 0 Å². The molecular formula is C20H20N6O4S3. The molecule has 0 radical (unpaired) electrons. The number of nitrogens with two attached hydrogens (primary N) is 1. The predicted molar refractivity (Wildman–Crippen MR) is 127 cm³/mol. The van der Waals surface area contributed by atoms with Crippen LogP contribution in [0.2, 0.25) is 0 Å². The molecule has 0 bridgehead atoms. The van der Waals surface area contributed by atoms with Gasteiger partial charge in [0, 0.05) is 11.5 Å². The number of anilines is 1. The molecule has 33 heavy (non-hydrogen) atoms. The number of nitrogens with zero attached hydrogens (tertiary/aromatic N) is 4. The minimum absolute atomic E-state index is 0.0445. The molecule has 1 saturated heterocycles. The van der Waals surface area contributed by atoms with Crippen LogP contribution in [0.1, 0.15) is 5.56 Å². The monoisotopic (exact) mass is 504 g/mol. The van der Waals surface area contributed by atoms with Crippen LogP contribution in [0.5, 0.6) is 0 Å². The number of carbonyl (C=O) groups is 3. The summed E-state index contributed by atoms with van der Waals surface area (Å²) in [6.07, 6.45) is 1.97. The van der Waals surface area contributed by atoms with Gasteiger partial charge < -0.3 is 16.2 Å². The summed E-state index contributed by atoms with van der Waals surface area (Å²) >= 11 is 3.98. The molecule has 1 aromatic carbocycles. The molecule has 2 aliphatic rings. The molecule has 13 heteroatoms. The lowest BCUT2D eigenvalue weighted by molar-refractivity contribution is -0.150. The summed E-state index contributed by atoms with van der Waals surface area (Å²) < 4.78 is 0. The van der Waals surface area contributed by atoms with Gasteiger partial charge in [-0.15, -0.1) is 11.8 Å². The summed E-state index contributed by atoms with van der Waals surface area (Å²) in [5.41, 5.74) is 7.08. The van der Waals surface area contributed by atoms with Gasteiger partial charge in [-0.2, -0.15) is 15.0 Å². The molecule has 0 spiro atoms. The molecule has 2 aliphatic heterocycles. The topological polar surface area (TPSA) is 151 Å². The fourth-order valence-electron chi connectivity index (χ4n) is 3.46. The maximum absolute atomic E-state index is 12.8. The van der Waals surface area contributed by atoms with E-state index in [4.69, 9.17) is 5.73 Å². The van der Waals surface area contributed by atoms with Crippen molar-refractivity contribution in [1.29, 1.82) is 0 Å². The summed E-state index contributed by atoms with van der Waals surface area (Å²) in [6, 6.07) is 8.46. The van der Waals surface area contributed by atoms with E-state index in [0.29, 0.717) is 21.6 Å². The zero-order valence-corrected chi connectivity index (χ0v) is 19.9. The lowest BCUT2D eigenvalue weighted by Gasteiger charge is -2.49. The molecule has 4 rings (SSSR count). The first kappa shape index (κ1) is 23.4. The number of nitrogens with one attached hydrogen (secondary N) is 1. The van der Waals surface area contributed by atoms with Crippen LogP contribution in [0.4, 0.5) is 5.95 Å². The maximum atomic E-state index is 12.8. The van der Waals surface area contributed by atoms with Crippen LogP contribution < -0.4 is 11.1 Å². The van der Waals surface area contributed by atoms with E-state index in [1.807, 2.05) is 36.6 Å². The fraction of sp³-hybridized carbons (Fsp3) is 0.300. The van der Waals surface area contributed by atoms with Crippen molar-refractivity contribution >= 4 is 59.0 Å². The van der Waals surface area contributed by atoms with Crippen LogP contribution >= 0.6 is 35.3 Å². The van der Waals surface area contributed by atoms with Crippen LogP contribution in [0, 0.1) is 0 Å². The van der Waals surface area contributed by atoms with Crippen LogP contribution in [-0.4, -0.2) is 71.9 Å². The Hall–Kier alpha value is -2.77. The first-order chi connectivity index (χ1) is 15.9. The van der Waals surface area contributed by atoms with Gasteiger partial charge in [0.2, 0.25) is 11.9 Å². The molecule has 3 heterocycles. The number of amides is 2. The average molecular weight is 505 g/mol. The van der Waals surface area contributed by atoms with Gasteiger partial charge in [0.05, 0.1) is 6.42 Å². The number of carbonyl (C=O) groups excluding carboxylic acids is 2. The third-order valence-electron chi connectivity index (χ3n) is 4.94. The Morgan fingerprint density at radius 2 is 1.97 bits per heavy atom. The zero-order chi connectivity index (χ0) is 23.5. The van der Waals surface area contributed by atoms with Crippen molar-refractivity contribution in [2.24, 2.45) is 0 Å². The molecule has 172 valence electrons. The number of carboxylic acid groups (broad SMARTS) is 1. The minimum atomic E-state index is -1.18. The smallest absolute Gasteiger partial charge is 0.352 e. The van der Waals surface area contributed by atoms with Gasteiger partial charge in [-0.25, -0.2) is 4.79 Å². The lowest BCUT2D eigenvalue weighted by Crippen LogP contribution is -2.70. The second-order valence-electron chi connectivity index (χ2n) is 7.13. The van der Waals surface area contributed by atoms with E-state index in [0.717, 1.165) is 5.56 Å². The van der Waals surface area contributed by atoms with E-state index in [-0.39, 0.29) is 29.7 Å². The molecule has 10 nitrogen and oxygen atoms in total. The average Bonchev–Trinajstić information content (AvgIpc) is 2.80. The Morgan fingerprint density at radius 3 is 2.67 bits per heavy atom. The standard InChI is InChI=1S/C20H20N6O4S3/c1-31-19-23-18(21)24-20(25-19)33-9-11-8-32-16-13(15(28)26(16)14(11)17(29)30)22-12(27)7-10-5-3-2-4-6-10/h2-6,13,16H,7-9H2,1H3,(H,22,27)(H,29,30)(H2,21,23,24,25)/t13-,16-/m0/s1. The Morgan fingerprint density at radius 1 is 1.24 bits per heavy atom. The number of thioether (sulfide) groups is 3. The first-order valence-corrected chi connectivity index (χ1v) is 13.0. The Kier molecular flexibility index (Phi) is 7.10. The van der Waals surface area contributed by atoms with Crippen molar-refractivity contribution in [3.63, 3.8) is 0 Å². The van der Waals surface area contributed by atoms with Crippen molar-refractivity contribution in [3.05, 3.63) is 47.2 Å². The van der Waals surface area contributed by atoms with Crippen LogP contribution in [0.25, 0.3) is 0 Å². The highest BCUT2D eigenvalue weighted by molar-refractivity contribution is 8.01. The highest BCUT2D eigenvalue weighted by Crippen LogP contribution is 2.41. The van der Waals surface area contributed by atoms with Gasteiger partial charge in [0.1, 0.15) is 17.1 Å². The second kappa shape index (κ2) is 10.0. The number of aromatic nitrogens is 3. The summed E-state index contributed by atoms with van der Waals surface area (Å²) in [7, 11) is 0. The molecule has 0 aliphatic carbocycles. The van der Waals surface area contributed by atoms with Crippen LogP contribution in [0.15, 0.2) is 51.9 Å². The molecule has 4 N–H and O–H groups in total. The van der Waals surface area contributed by atoms with Gasteiger partial charge in [-0.1, -0.05) is 53.9 Å². The summed E-state index contributed by atoms with van der Waals surface area (Å²) in [4.78, 5) is 50.8. The number of β-lactam (4-membered cyclic amide) rings is 1. The van der Waals surface area contributed by atoms with E-state index < -0.39 is 23.3 Å². The Labute approximate surface area is 202 Å². The number of nitrogen functional groups attached to an aromatic ring is 1. The van der Waals surface area contributed by atoms with E-state index >= 15 is 0 Å². The number of benzene rings is 1. The molecule has 2 atom stereocenters. The highest BCUT2D eigenvalue weighted by atomic mass is 32.2. The van der Waals surface area contributed by atoms with Crippen molar-refractivity contribution < 1.29 is 19.5 Å². The van der Waals surface area contributed by atoms with E-state index in [9.17, 15) is 19.5 Å². The highest BCUT2D eigenvalue weighted by Gasteiger charge is 2.54. The van der Waals surface area contributed by atoms with Gasteiger partial charge in [0.25, 0.3) is 5.91 Å². The Bertz CT molecular complexity index is 1130. The molecule has 0 unspecified atom stereocenters. The normalized spacial score (nSPS) is 19.7. The third-order valence-corrected chi connectivity index (χ3v) is 7.76. The SMILES string of the molecule is CSc1nc(N)nc(SCC2=C(C(=O)O)N3C(=O)[C@H](NC(=O)Cc4ccccc4)[C@@H]3SC2)n1. The molecule has 0 saturated carbocycles. The first-order valence-electron chi connectivity index (χ1n) is 9.79. The zero-order valence-electron chi connectivity index (χ0n) is 17.4. The molecular weight excluding hydrogens is 484 g/mol. The number of aliphatic carboxylic acids is 1. The van der Waals surface area contributed by atoms with Gasteiger partial charge in [0.15, 0.2) is 10.3 Å². The third kappa shape index (κ3) is 5.09. The van der Waals surface area contributed by atoms with Crippen molar-refractivity contribution in [2.75, 3.05) is 23.5 Å². The second-order valence-corrected chi connectivity index (χ2v) is 9.95. The van der Waals surface area contributed by atoms with E-state index in [2.05, 4.69) is 20.3 Å². The summed E-state index contributed by atoms with van der Waals surface area (Å²) in [5, 5.41) is 13.0. The number of carboxylic acids is 1. The van der Waals surface area contributed by atoms with Crippen LogP contribution in [0.3, 0.4) is 0 Å². The molecule has 1 aromatic heterocycles. The van der Waals surface area contributed by atoms with Crippen molar-refractivity contribution in [1.82, 2.24) is 25.2 Å². The van der Waals surface area contributed by atoms with Gasteiger partial charge in [-0.05, 0) is 17.4 Å². The number of hydrogen-bond acceptors (Lipinski definition) is 10. The summed E-state index contributed by atoms with van der Waals surface area (Å²) in [5.74, 6) is -1.10. The number of hydrogen-bond donors (Lipinski definition) is 3. The molecule has 2 aromatic rings. The van der Waals surface area contributed by atoms with Gasteiger partial charge in [-0.3, -0.25) is 14.5 Å². The predicted octanol–water partition coefficient (Wildman–Crippen LogP) is 1.25. The Balaban J connectivity index is 1.44. The van der Waals surface area contributed by atoms with Crippen LogP contribution in [-0.2, 0) is 20.8 Å². The molecule has 1 fully saturated rings.